The van der Waals surface area contributed by atoms with Gasteiger partial charge in [0.1, 0.15) is 5.41 Å². The van der Waals surface area contributed by atoms with E-state index in [1.807, 2.05) is 13.8 Å². The Kier molecular flexibility index (Phi) is 3.99. The monoisotopic (exact) mass is 435 g/mol. The summed E-state index contributed by atoms with van der Waals surface area (Å²) in [5.41, 5.74) is 4.96. The number of carbonyl (C=O) groups is 2. The average molecular weight is 435 g/mol. The van der Waals surface area contributed by atoms with Crippen molar-refractivity contribution in [2.24, 2.45) is 5.41 Å². The van der Waals surface area contributed by atoms with Gasteiger partial charge in [-0.1, -0.05) is 20.8 Å². The molecule has 32 heavy (non-hydrogen) atoms. The highest BCUT2D eigenvalue weighted by molar-refractivity contribution is 5.97. The summed E-state index contributed by atoms with van der Waals surface area (Å²) >= 11 is 0. The van der Waals surface area contributed by atoms with Gasteiger partial charge in [-0.15, -0.1) is 0 Å². The van der Waals surface area contributed by atoms with E-state index in [-0.39, 0.29) is 11.4 Å². The molecular formula is C22H21N5O5. The molecule has 2 heterocycles. The second kappa shape index (κ2) is 6.35. The SMILES string of the molecule is CC12CCC(C(=O)NNC(=O)c3ccco3)(c3nc4cc([N+](=O)[O-])ccc4nc31)C2(C)C. The maximum absolute atomic E-state index is 13.6. The Morgan fingerprint density at radius 2 is 1.81 bits per heavy atom. The van der Waals surface area contributed by atoms with Gasteiger partial charge >= 0.3 is 5.91 Å². The molecule has 3 aromatic rings. The second-order valence-corrected chi connectivity index (χ2v) is 9.10. The quantitative estimate of drug-likeness (QED) is 0.476. The van der Waals surface area contributed by atoms with Crippen molar-refractivity contribution in [1.82, 2.24) is 20.8 Å². The average Bonchev–Trinajstić information content (AvgIpc) is 3.40. The van der Waals surface area contributed by atoms with E-state index in [0.29, 0.717) is 23.1 Å². The second-order valence-electron chi connectivity index (χ2n) is 9.10. The maximum Gasteiger partial charge on any atom is 0.305 e. The van der Waals surface area contributed by atoms with E-state index in [9.17, 15) is 19.7 Å². The van der Waals surface area contributed by atoms with Gasteiger partial charge in [0.15, 0.2) is 5.76 Å². The molecule has 2 bridgehead atoms. The molecule has 0 aliphatic heterocycles. The lowest BCUT2D eigenvalue weighted by atomic mass is 9.63. The van der Waals surface area contributed by atoms with E-state index in [2.05, 4.69) is 17.8 Å². The molecule has 0 spiro atoms. The summed E-state index contributed by atoms with van der Waals surface area (Å²) in [5.74, 6) is -0.899. The first kappa shape index (κ1) is 20.1. The number of nitrogens with one attached hydrogen (secondary N) is 2. The first-order chi connectivity index (χ1) is 15.1. The number of hydrogen-bond acceptors (Lipinski definition) is 7. The Morgan fingerprint density at radius 1 is 1.06 bits per heavy atom. The highest BCUT2D eigenvalue weighted by atomic mass is 16.6. The van der Waals surface area contributed by atoms with Gasteiger partial charge in [0.2, 0.25) is 0 Å². The van der Waals surface area contributed by atoms with Crippen LogP contribution in [-0.2, 0) is 15.6 Å². The van der Waals surface area contributed by atoms with Crippen molar-refractivity contribution in [1.29, 1.82) is 0 Å². The largest absolute Gasteiger partial charge is 0.459 e. The Labute approximate surface area is 182 Å². The van der Waals surface area contributed by atoms with Gasteiger partial charge in [0.05, 0.1) is 33.6 Å². The molecule has 2 aliphatic carbocycles. The predicted octanol–water partition coefficient (Wildman–Crippen LogP) is 2.92. The van der Waals surface area contributed by atoms with E-state index in [4.69, 9.17) is 14.4 Å². The lowest BCUT2D eigenvalue weighted by molar-refractivity contribution is -0.384. The minimum absolute atomic E-state index is 0.0724. The fraction of sp³-hybridized carbons (Fsp3) is 0.364. The summed E-state index contributed by atoms with van der Waals surface area (Å²) in [4.78, 5) is 46.1. The number of aromatic nitrogens is 2. The van der Waals surface area contributed by atoms with Gasteiger partial charge < -0.3 is 4.42 Å². The van der Waals surface area contributed by atoms with Crippen LogP contribution in [0.2, 0.25) is 0 Å². The van der Waals surface area contributed by atoms with Crippen LogP contribution in [0, 0.1) is 15.5 Å². The molecule has 2 unspecified atom stereocenters. The molecule has 5 rings (SSSR count). The highest BCUT2D eigenvalue weighted by Gasteiger charge is 2.73. The van der Waals surface area contributed by atoms with Crippen molar-refractivity contribution in [3.63, 3.8) is 0 Å². The van der Waals surface area contributed by atoms with Crippen molar-refractivity contribution >= 4 is 28.5 Å². The van der Waals surface area contributed by atoms with Crippen molar-refractivity contribution in [2.75, 3.05) is 0 Å². The minimum atomic E-state index is -1.06. The van der Waals surface area contributed by atoms with Crippen molar-refractivity contribution in [3.8, 4) is 0 Å². The number of amides is 2. The fourth-order valence-electron chi connectivity index (χ4n) is 5.40. The summed E-state index contributed by atoms with van der Waals surface area (Å²) in [7, 11) is 0. The van der Waals surface area contributed by atoms with E-state index < -0.39 is 33.0 Å². The van der Waals surface area contributed by atoms with E-state index in [0.717, 1.165) is 12.1 Å². The van der Waals surface area contributed by atoms with Crippen LogP contribution in [0.1, 0.15) is 55.6 Å². The fourth-order valence-corrected chi connectivity index (χ4v) is 5.40. The molecule has 0 radical (unpaired) electrons. The van der Waals surface area contributed by atoms with E-state index in [1.165, 1.54) is 24.5 Å². The first-order valence-electron chi connectivity index (χ1n) is 10.2. The van der Waals surface area contributed by atoms with Crippen molar-refractivity contribution in [2.45, 2.75) is 44.4 Å². The van der Waals surface area contributed by atoms with Gasteiger partial charge in [-0.2, -0.15) is 0 Å². The number of carbonyl (C=O) groups excluding carboxylic acids is 2. The van der Waals surface area contributed by atoms with Gasteiger partial charge in [-0.05, 0) is 36.5 Å². The Morgan fingerprint density at radius 3 is 2.50 bits per heavy atom. The third kappa shape index (κ3) is 2.34. The first-order valence-corrected chi connectivity index (χ1v) is 10.2. The van der Waals surface area contributed by atoms with Gasteiger partial charge in [-0.3, -0.25) is 30.6 Å². The molecule has 2 N–H and O–H groups in total. The van der Waals surface area contributed by atoms with Crippen molar-refractivity contribution in [3.05, 3.63) is 63.9 Å². The lowest BCUT2D eigenvalue weighted by Crippen LogP contribution is -2.55. The minimum Gasteiger partial charge on any atom is -0.459 e. The summed E-state index contributed by atoms with van der Waals surface area (Å²) in [5, 5.41) is 11.2. The van der Waals surface area contributed by atoms with Gasteiger partial charge in [-0.25, -0.2) is 9.97 Å². The van der Waals surface area contributed by atoms with Crippen LogP contribution in [0.4, 0.5) is 5.69 Å². The molecule has 1 fully saturated rings. The maximum atomic E-state index is 13.6. The number of nitro benzene ring substituents is 1. The number of rotatable bonds is 3. The summed E-state index contributed by atoms with van der Waals surface area (Å²) in [6, 6.07) is 7.42. The smallest absolute Gasteiger partial charge is 0.305 e. The van der Waals surface area contributed by atoms with Crippen LogP contribution in [-0.4, -0.2) is 26.7 Å². The summed E-state index contributed by atoms with van der Waals surface area (Å²) < 4.78 is 5.06. The summed E-state index contributed by atoms with van der Waals surface area (Å²) in [6.07, 6.45) is 2.61. The van der Waals surface area contributed by atoms with Crippen LogP contribution in [0.25, 0.3) is 11.0 Å². The number of nitro groups is 1. The zero-order chi connectivity index (χ0) is 22.9. The van der Waals surface area contributed by atoms with Crippen LogP contribution in [0.5, 0.6) is 0 Å². The molecular weight excluding hydrogens is 414 g/mol. The Bertz CT molecular complexity index is 1300. The Hall–Kier alpha value is -3.82. The standard InChI is InChI=1S/C22H21N5O5/c1-20(2)21(3)8-9-22(20,19(29)26-25-18(28)15-5-4-10-32-15)17-16(21)23-13-7-6-12(27(30)31)11-14(13)24-17/h4-7,10-11H,8-9H2,1-3H3,(H,25,28)(H,26,29). The third-order valence-corrected chi connectivity index (χ3v) is 7.65. The molecule has 1 aromatic carbocycles. The third-order valence-electron chi connectivity index (χ3n) is 7.65. The molecule has 1 saturated carbocycles. The molecule has 2 atom stereocenters. The molecule has 10 nitrogen and oxygen atoms in total. The predicted molar refractivity (Wildman–Crippen MR) is 113 cm³/mol. The normalized spacial score (nSPS) is 24.8. The number of fused-ring (bicyclic) bond motifs is 6. The molecule has 10 heteroatoms. The number of hydrazine groups is 1. The van der Waals surface area contributed by atoms with E-state index >= 15 is 0 Å². The number of non-ortho nitro benzene ring substituents is 1. The number of hydrogen-bond donors (Lipinski definition) is 2. The van der Waals surface area contributed by atoms with Gasteiger partial charge in [0.25, 0.3) is 11.6 Å². The number of furan rings is 1. The number of nitrogens with zero attached hydrogens (tertiary/aromatic N) is 3. The molecule has 2 aromatic heterocycles. The zero-order valence-corrected chi connectivity index (χ0v) is 17.8. The molecule has 2 aliphatic rings. The van der Waals surface area contributed by atoms with Crippen LogP contribution >= 0.6 is 0 Å². The van der Waals surface area contributed by atoms with E-state index in [1.54, 1.807) is 12.1 Å². The lowest BCUT2D eigenvalue weighted by Gasteiger charge is -2.39. The molecule has 2 amide bonds. The Balaban J connectivity index is 1.59. The molecule has 164 valence electrons. The highest BCUT2D eigenvalue weighted by Crippen LogP contribution is 2.70. The van der Waals surface area contributed by atoms with Crippen LogP contribution in [0.3, 0.4) is 0 Å². The topological polar surface area (TPSA) is 140 Å². The zero-order valence-electron chi connectivity index (χ0n) is 17.8. The van der Waals surface area contributed by atoms with Crippen LogP contribution in [0.15, 0.2) is 41.0 Å². The molecule has 0 saturated heterocycles. The van der Waals surface area contributed by atoms with Crippen molar-refractivity contribution < 1.29 is 18.9 Å². The summed E-state index contributed by atoms with van der Waals surface area (Å²) in [6.45, 7) is 6.08. The van der Waals surface area contributed by atoms with Crippen LogP contribution < -0.4 is 10.9 Å². The number of benzene rings is 1. The van der Waals surface area contributed by atoms with Gasteiger partial charge in [0, 0.05) is 17.5 Å².